The number of piperazine rings is 1. The first-order chi connectivity index (χ1) is 26.9. The number of hydrogen-bond donors (Lipinski definition) is 3. The molecule has 1 spiro atoms. The lowest BCUT2D eigenvalue weighted by Gasteiger charge is -2.54. The highest BCUT2D eigenvalue weighted by Crippen LogP contribution is 2.47. The average molecular weight is 814 g/mol. The van der Waals surface area contributed by atoms with Crippen molar-refractivity contribution in [1.82, 2.24) is 29.8 Å². The Bertz CT molecular complexity index is 2020. The molecular formula is C37H39F8N7O5. The molecule has 20 heteroatoms. The van der Waals surface area contributed by atoms with Gasteiger partial charge in [-0.3, -0.25) is 19.5 Å². The zero-order chi connectivity index (χ0) is 41.3. The van der Waals surface area contributed by atoms with E-state index in [0.717, 1.165) is 43.8 Å². The molecule has 3 aromatic rings. The first-order valence-electron chi connectivity index (χ1n) is 18.0. The summed E-state index contributed by atoms with van der Waals surface area (Å²) in [5.41, 5.74) is -6.96. The van der Waals surface area contributed by atoms with Crippen LogP contribution in [0.25, 0.3) is 11.3 Å². The summed E-state index contributed by atoms with van der Waals surface area (Å²) in [6, 6.07) is 4.60. The number of halogens is 8. The van der Waals surface area contributed by atoms with Gasteiger partial charge in [-0.1, -0.05) is 6.07 Å². The molecule has 2 aliphatic heterocycles. The second-order valence-corrected chi connectivity index (χ2v) is 14.0. The maximum Gasteiger partial charge on any atom is 0.433 e. The quantitative estimate of drug-likeness (QED) is 0.161. The van der Waals surface area contributed by atoms with Crippen LogP contribution in [0.4, 0.5) is 40.8 Å². The summed E-state index contributed by atoms with van der Waals surface area (Å²) in [6.45, 7) is 3.87. The second-order valence-electron chi connectivity index (χ2n) is 14.0. The van der Waals surface area contributed by atoms with Gasteiger partial charge >= 0.3 is 12.4 Å². The third kappa shape index (κ3) is 8.68. The summed E-state index contributed by atoms with van der Waals surface area (Å²) in [7, 11) is 1.42. The van der Waals surface area contributed by atoms with E-state index in [0.29, 0.717) is 43.9 Å². The van der Waals surface area contributed by atoms with Gasteiger partial charge in [0.05, 0.1) is 29.0 Å². The third-order valence-electron chi connectivity index (χ3n) is 10.6. The number of carbonyl (C=O) groups is 2. The molecule has 308 valence electrons. The highest BCUT2D eigenvalue weighted by molar-refractivity contribution is 6.24. The van der Waals surface area contributed by atoms with Gasteiger partial charge in [-0.05, 0) is 56.0 Å². The smallest absolute Gasteiger partial charge is 0.433 e. The minimum atomic E-state index is -4.99. The molecule has 12 nitrogen and oxygen atoms in total. The van der Waals surface area contributed by atoms with Gasteiger partial charge in [0.15, 0.2) is 11.6 Å². The van der Waals surface area contributed by atoms with E-state index >= 15 is 8.78 Å². The number of aliphatic hydroxyl groups excluding tert-OH is 2. The standard InChI is InChI=1S/C37H39F8N7O5/c1-49-35(8-2-9-35)32(54)29(33(55)48-25-6-5-23(36(40,41)42)18-24(25)26-19-28(37(43,44)45)47-21-46-26)34(56)52(49)20-22-4-7-27(31(39)30(22)38)57-17-15-51-13-11-50(12-14-51)10-3-16-53/h4-7,18-19,21,53-54H,2-3,8-17,20H2,1H3,(H,48,55). The van der Waals surface area contributed by atoms with Crippen LogP contribution in [-0.2, 0) is 28.5 Å². The van der Waals surface area contributed by atoms with Gasteiger partial charge in [-0.2, -0.15) is 30.7 Å². The molecule has 3 N–H and O–H groups in total. The fraction of sp³-hybridized carbons (Fsp3) is 0.459. The first kappa shape index (κ1) is 41.7. The van der Waals surface area contributed by atoms with Crippen LogP contribution in [0.15, 0.2) is 54.1 Å². The molecule has 1 aromatic heterocycles. The summed E-state index contributed by atoms with van der Waals surface area (Å²) in [5, 5.41) is 24.9. The summed E-state index contributed by atoms with van der Waals surface area (Å²) in [4.78, 5) is 39.0. The van der Waals surface area contributed by atoms with Crippen molar-refractivity contribution in [3.05, 3.63) is 82.5 Å². The maximum atomic E-state index is 15.6. The topological polar surface area (TPSA) is 135 Å². The van der Waals surface area contributed by atoms with Gasteiger partial charge in [-0.15, -0.1) is 0 Å². The molecule has 2 amide bonds. The number of ether oxygens (including phenoxy) is 1. The van der Waals surface area contributed by atoms with Crippen molar-refractivity contribution in [3.8, 4) is 17.0 Å². The number of carbonyl (C=O) groups excluding carboxylic acids is 2. The molecule has 0 unspecified atom stereocenters. The Kier molecular flexibility index (Phi) is 12.1. The van der Waals surface area contributed by atoms with E-state index in [2.05, 4.69) is 25.1 Å². The Labute approximate surface area is 321 Å². The first-order valence-corrected chi connectivity index (χ1v) is 18.0. The Morgan fingerprint density at radius 2 is 1.61 bits per heavy atom. The van der Waals surface area contributed by atoms with Crippen molar-refractivity contribution < 1.29 is 59.7 Å². The van der Waals surface area contributed by atoms with Crippen molar-refractivity contribution in [3.63, 3.8) is 0 Å². The number of amides is 2. The highest BCUT2D eigenvalue weighted by Gasteiger charge is 2.55. The number of hydrazine groups is 1. The van der Waals surface area contributed by atoms with Gasteiger partial charge in [-0.25, -0.2) is 19.4 Å². The predicted molar refractivity (Wildman–Crippen MR) is 187 cm³/mol. The van der Waals surface area contributed by atoms with Crippen LogP contribution in [0.1, 0.15) is 42.5 Å². The van der Waals surface area contributed by atoms with Gasteiger partial charge in [0.2, 0.25) is 5.82 Å². The molecule has 2 aromatic carbocycles. The molecule has 0 bridgehead atoms. The normalized spacial score (nSPS) is 18.3. The van der Waals surface area contributed by atoms with Crippen molar-refractivity contribution in [2.45, 2.75) is 50.1 Å². The van der Waals surface area contributed by atoms with Crippen LogP contribution in [0.5, 0.6) is 5.75 Å². The number of nitrogens with one attached hydrogen (secondary N) is 1. The van der Waals surface area contributed by atoms with Crippen LogP contribution in [0.2, 0.25) is 0 Å². The van der Waals surface area contributed by atoms with Crippen LogP contribution in [0, 0.1) is 11.6 Å². The maximum absolute atomic E-state index is 15.6. The van der Waals surface area contributed by atoms with Gasteiger partial charge in [0.25, 0.3) is 11.8 Å². The molecule has 3 aliphatic rings. The van der Waals surface area contributed by atoms with E-state index in [1.807, 2.05) is 0 Å². The van der Waals surface area contributed by atoms with Crippen LogP contribution in [0.3, 0.4) is 0 Å². The lowest BCUT2D eigenvalue weighted by molar-refractivity contribution is -0.172. The monoisotopic (exact) mass is 813 g/mol. The van der Waals surface area contributed by atoms with E-state index in [9.17, 15) is 41.0 Å². The van der Waals surface area contributed by atoms with E-state index < -0.39 is 87.4 Å². The van der Waals surface area contributed by atoms with Crippen molar-refractivity contribution >= 4 is 17.5 Å². The largest absolute Gasteiger partial charge is 0.509 e. The number of alkyl halides is 6. The Hall–Kier alpha value is -4.92. The van der Waals surface area contributed by atoms with Crippen LogP contribution >= 0.6 is 0 Å². The zero-order valence-corrected chi connectivity index (χ0v) is 30.6. The third-order valence-corrected chi connectivity index (χ3v) is 10.6. The molecule has 6 rings (SSSR count). The minimum Gasteiger partial charge on any atom is -0.509 e. The Morgan fingerprint density at radius 1 is 0.930 bits per heavy atom. The van der Waals surface area contributed by atoms with Crippen molar-refractivity contribution in [2.75, 3.05) is 64.8 Å². The molecule has 1 aliphatic carbocycles. The lowest BCUT2D eigenvalue weighted by Crippen LogP contribution is -2.65. The molecule has 57 heavy (non-hydrogen) atoms. The van der Waals surface area contributed by atoms with E-state index in [1.165, 1.54) is 24.2 Å². The van der Waals surface area contributed by atoms with E-state index in [1.54, 1.807) is 0 Å². The number of hydrogen-bond acceptors (Lipinski definition) is 10. The summed E-state index contributed by atoms with van der Waals surface area (Å²) in [6.07, 6.45) is -7.78. The molecule has 3 heterocycles. The average Bonchev–Trinajstić information content (AvgIpc) is 3.14. The number of benzene rings is 2. The summed E-state index contributed by atoms with van der Waals surface area (Å²) in [5.74, 6) is -6.16. The van der Waals surface area contributed by atoms with Crippen molar-refractivity contribution in [1.29, 1.82) is 0 Å². The number of aromatic nitrogens is 2. The number of aliphatic hydroxyl groups is 2. The number of anilines is 1. The molecule has 0 atom stereocenters. The summed E-state index contributed by atoms with van der Waals surface area (Å²) >= 11 is 0. The van der Waals surface area contributed by atoms with E-state index in [4.69, 9.17) is 9.84 Å². The molecule has 0 radical (unpaired) electrons. The van der Waals surface area contributed by atoms with Crippen LogP contribution < -0.4 is 10.1 Å². The second kappa shape index (κ2) is 16.5. The predicted octanol–water partition coefficient (Wildman–Crippen LogP) is 5.40. The van der Waals surface area contributed by atoms with Crippen molar-refractivity contribution in [2.24, 2.45) is 0 Å². The molecule has 1 saturated heterocycles. The molecule has 2 fully saturated rings. The molecular weight excluding hydrogens is 774 g/mol. The fourth-order valence-electron chi connectivity index (χ4n) is 7.11. The van der Waals surface area contributed by atoms with Gasteiger partial charge in [0, 0.05) is 64.0 Å². The number of nitrogens with zero attached hydrogens (tertiary/aromatic N) is 6. The fourth-order valence-corrected chi connectivity index (χ4v) is 7.11. The number of rotatable bonds is 12. The Balaban J connectivity index is 1.22. The van der Waals surface area contributed by atoms with Gasteiger partial charge in [0.1, 0.15) is 30.0 Å². The van der Waals surface area contributed by atoms with E-state index in [-0.39, 0.29) is 37.4 Å². The lowest BCUT2D eigenvalue weighted by atomic mass is 9.72. The summed E-state index contributed by atoms with van der Waals surface area (Å²) < 4.78 is 118. The highest BCUT2D eigenvalue weighted by atomic mass is 19.4. The van der Waals surface area contributed by atoms with Gasteiger partial charge < -0.3 is 25.2 Å². The molecule has 1 saturated carbocycles. The van der Waals surface area contributed by atoms with Crippen LogP contribution in [-0.4, -0.2) is 117 Å². The Morgan fingerprint density at radius 3 is 2.23 bits per heavy atom. The number of likely N-dealkylation sites (N-methyl/N-ethyl adjacent to an activating group) is 1. The SMILES string of the molecule is CN1N(Cc2ccc(OCCN3CCN(CCCO)CC3)c(F)c2F)C(=O)C(C(=O)Nc2ccc(C(F)(F)F)cc2-c2cc(C(F)(F)F)ncn2)=C(O)C12CCC2. The zero-order valence-electron chi connectivity index (χ0n) is 30.6. The minimum absolute atomic E-state index is 0.0616.